The second-order valence-electron chi connectivity index (χ2n) is 4.68. The van der Waals surface area contributed by atoms with Gasteiger partial charge in [0.25, 0.3) is 0 Å². The number of likely N-dealkylation sites (N-methyl/N-ethyl adjacent to an activating group) is 1. The molecule has 1 heterocycles. The van der Waals surface area contributed by atoms with Crippen LogP contribution in [0.25, 0.3) is 10.9 Å². The zero-order chi connectivity index (χ0) is 20.8. The summed E-state index contributed by atoms with van der Waals surface area (Å²) < 4.78 is 76.6. The van der Waals surface area contributed by atoms with E-state index in [-0.39, 0.29) is 16.7 Å². The molecule has 0 aliphatic rings. The van der Waals surface area contributed by atoms with Crippen molar-refractivity contribution >= 4 is 20.9 Å². The van der Waals surface area contributed by atoms with Gasteiger partial charge in [-0.1, -0.05) is 6.07 Å². The third-order valence-electron chi connectivity index (χ3n) is 2.84. The maximum Gasteiger partial charge on any atom is 0.215 e. The van der Waals surface area contributed by atoms with Crippen LogP contribution in [0.5, 0.6) is 0 Å². The van der Waals surface area contributed by atoms with Crippen LogP contribution in [0.3, 0.4) is 0 Å². The van der Waals surface area contributed by atoms with Gasteiger partial charge >= 0.3 is 0 Å². The molecule has 0 unspecified atom stereocenters. The van der Waals surface area contributed by atoms with Gasteiger partial charge in [0.15, 0.2) is 1.41 Å². The number of H-pyrrole nitrogens is 1. The Kier molecular flexibility index (Phi) is 2.43. The first-order valence-corrected chi connectivity index (χ1v) is 7.57. The van der Waals surface area contributed by atoms with Crippen molar-refractivity contribution < 1.29 is 18.1 Å². The number of rotatable bonds is 6. The van der Waals surface area contributed by atoms with Crippen LogP contribution in [0.15, 0.2) is 24.4 Å². The minimum atomic E-state index is -4.39. The molecule has 0 saturated heterocycles. The number of sulfonamides is 1. The molecule has 0 fully saturated rings. The van der Waals surface area contributed by atoms with E-state index in [2.05, 4.69) is 0 Å². The lowest BCUT2D eigenvalue weighted by Gasteiger charge is -2.08. The van der Waals surface area contributed by atoms with Crippen molar-refractivity contribution in [2.45, 2.75) is 12.2 Å². The Morgan fingerprint density at radius 3 is 3.05 bits per heavy atom. The monoisotopic (exact) mass is 302 g/mol. The number of benzene rings is 1. The van der Waals surface area contributed by atoms with Crippen LogP contribution in [-0.4, -0.2) is 45.9 Å². The third kappa shape index (κ3) is 3.59. The maximum absolute atomic E-state index is 12.2. The number of aromatic amines is 1. The topological polar surface area (TPSA) is 65.2 Å². The average Bonchev–Trinajstić information content (AvgIpc) is 2.80. The summed E-state index contributed by atoms with van der Waals surface area (Å²) in [6.07, 6.45) is 1.45. The van der Waals surface area contributed by atoms with Crippen LogP contribution in [0, 0.1) is 0 Å². The van der Waals surface area contributed by atoms with Gasteiger partial charge in [-0.15, -0.1) is 0 Å². The van der Waals surface area contributed by atoms with Crippen LogP contribution < -0.4 is 4.72 Å². The van der Waals surface area contributed by atoms with Gasteiger partial charge in [0, 0.05) is 30.5 Å². The van der Waals surface area contributed by atoms with Crippen LogP contribution in [0.4, 0.5) is 0 Å². The number of nitrogens with zero attached hydrogens (tertiary/aromatic N) is 1. The van der Waals surface area contributed by atoms with Gasteiger partial charge in [-0.25, -0.2) is 13.1 Å². The highest BCUT2D eigenvalue weighted by Gasteiger charge is 2.11. The fourth-order valence-corrected chi connectivity index (χ4v) is 2.55. The van der Waals surface area contributed by atoms with Crippen molar-refractivity contribution in [1.82, 2.24) is 14.6 Å². The minimum Gasteiger partial charge on any atom is -0.361 e. The SMILES string of the molecule is [2H]N(C([2H])([2H])[2H])S(=O)(=O)Cc1ccc2c(c1)c(CC([2H])([2H])N(C)C)cn2[2H]. The zero-order valence-electron chi connectivity index (χ0n) is 18.3. The Morgan fingerprint density at radius 2 is 2.35 bits per heavy atom. The normalized spacial score (nSPS) is 19.1. The highest BCUT2D eigenvalue weighted by atomic mass is 32.2. The summed E-state index contributed by atoms with van der Waals surface area (Å²) in [6.45, 7) is -4.77. The molecule has 0 amide bonds. The van der Waals surface area contributed by atoms with Gasteiger partial charge in [0.2, 0.25) is 10.0 Å². The Bertz CT molecular complexity index is 938. The predicted molar refractivity (Wildman–Crippen MR) is 82.2 cm³/mol. The molecule has 0 bridgehead atoms. The van der Waals surface area contributed by atoms with Crippen LogP contribution in [-0.2, 0) is 22.2 Å². The third-order valence-corrected chi connectivity index (χ3v) is 3.82. The molecule has 0 spiro atoms. The standard InChI is InChI=1S/C14H21N3O2S/c1-15-20(18,19)10-11-4-5-14-13(8-11)12(9-16-14)6-7-17(2)3/h4-5,8-9,15-16H,6-7,10H2,1-3H3/i1D3,7D2/hD2. The Balaban J connectivity index is 2.43. The smallest absolute Gasteiger partial charge is 0.215 e. The zero-order valence-corrected chi connectivity index (χ0v) is 12.1. The molecule has 5 nitrogen and oxygen atoms in total. The molecule has 0 saturated carbocycles. The summed E-state index contributed by atoms with van der Waals surface area (Å²) >= 11 is 0. The lowest BCUT2D eigenvalue weighted by atomic mass is 10.1. The Morgan fingerprint density at radius 1 is 1.55 bits per heavy atom. The molecule has 1 aromatic carbocycles. The first kappa shape index (κ1) is 8.17. The van der Waals surface area contributed by atoms with Gasteiger partial charge in [0.1, 0.15) is 1.41 Å². The van der Waals surface area contributed by atoms with E-state index in [1.807, 2.05) is 0 Å². The minimum absolute atomic E-state index is 0.0155. The fourth-order valence-electron chi connectivity index (χ4n) is 1.89. The highest BCUT2D eigenvalue weighted by Crippen LogP contribution is 2.21. The van der Waals surface area contributed by atoms with E-state index < -0.39 is 29.2 Å². The number of aryl methyl sites for hydroxylation is 1. The van der Waals surface area contributed by atoms with E-state index in [0.29, 0.717) is 16.5 Å². The quantitative estimate of drug-likeness (QED) is 0.846. The lowest BCUT2D eigenvalue weighted by Crippen LogP contribution is -2.20. The lowest BCUT2D eigenvalue weighted by molar-refractivity contribution is 0.414. The van der Waals surface area contributed by atoms with Crippen LogP contribution >= 0.6 is 0 Å². The molecule has 2 N–H and O–H groups in total. The largest absolute Gasteiger partial charge is 0.361 e. The summed E-state index contributed by atoms with van der Waals surface area (Å²) in [5.74, 6) is -0.686. The second kappa shape index (κ2) is 5.95. The van der Waals surface area contributed by atoms with Crippen LogP contribution in [0.1, 0.15) is 18.0 Å². The van der Waals surface area contributed by atoms with Gasteiger partial charge in [0.05, 0.1) is 5.75 Å². The van der Waals surface area contributed by atoms with E-state index in [1.54, 1.807) is 14.1 Å². The maximum atomic E-state index is 12.2. The summed E-state index contributed by atoms with van der Waals surface area (Å²) in [5.41, 5.74) is 1.25. The van der Waals surface area contributed by atoms with Crippen molar-refractivity contribution in [3.05, 3.63) is 35.5 Å². The summed E-state index contributed by atoms with van der Waals surface area (Å²) in [6, 6.07) is 4.46. The average molecular weight is 302 g/mol. The van der Waals surface area contributed by atoms with E-state index in [4.69, 9.17) is 9.68 Å². The summed E-state index contributed by atoms with van der Waals surface area (Å²) in [5, 5.41) is 0.508. The first-order valence-electron chi connectivity index (χ1n) is 9.36. The van der Waals surface area contributed by atoms with Crippen molar-refractivity contribution in [2.75, 3.05) is 27.6 Å². The molecular weight excluding hydrogens is 274 g/mol. The number of hydrogen-bond donors (Lipinski definition) is 2. The Labute approximate surface area is 130 Å². The molecular formula is C14H21N3O2S. The highest BCUT2D eigenvalue weighted by molar-refractivity contribution is 7.88. The van der Waals surface area contributed by atoms with Gasteiger partial charge in [-0.3, -0.25) is 0 Å². The molecule has 0 atom stereocenters. The summed E-state index contributed by atoms with van der Waals surface area (Å²) in [4.78, 5) is 2.48. The predicted octanol–water partition coefficient (Wildman–Crippen LogP) is 1.32. The molecule has 20 heavy (non-hydrogen) atoms. The van der Waals surface area contributed by atoms with Gasteiger partial charge in [-0.2, -0.15) is 0 Å². The fraction of sp³-hybridized carbons (Fsp3) is 0.429. The number of nitrogens with one attached hydrogen (secondary N) is 2. The molecule has 2 rings (SSSR count). The van der Waals surface area contributed by atoms with Gasteiger partial charge < -0.3 is 9.88 Å². The molecule has 2 aromatic rings. The summed E-state index contributed by atoms with van der Waals surface area (Å²) in [7, 11) is -1.21. The van der Waals surface area contributed by atoms with E-state index in [1.165, 1.54) is 29.3 Å². The Hall–Kier alpha value is -1.37. The molecule has 110 valence electrons. The van der Waals surface area contributed by atoms with Crippen molar-refractivity contribution in [3.8, 4) is 0 Å². The van der Waals surface area contributed by atoms with E-state index in [0.717, 1.165) is 4.98 Å². The number of fused-ring (bicyclic) bond motifs is 1. The first-order chi connectivity index (χ1) is 12.1. The molecule has 0 radical (unpaired) electrons. The molecule has 1 aromatic heterocycles. The van der Waals surface area contributed by atoms with E-state index >= 15 is 0 Å². The molecule has 0 aliphatic carbocycles. The van der Waals surface area contributed by atoms with Crippen LogP contribution in [0.2, 0.25) is 2.82 Å². The van der Waals surface area contributed by atoms with E-state index in [9.17, 15) is 8.42 Å². The van der Waals surface area contributed by atoms with Crippen molar-refractivity contribution in [2.24, 2.45) is 0 Å². The van der Waals surface area contributed by atoms with Gasteiger partial charge in [-0.05, 0) is 50.8 Å². The molecule has 6 heteroatoms. The molecule has 0 aliphatic heterocycles. The van der Waals surface area contributed by atoms with Crippen molar-refractivity contribution in [1.29, 1.82) is 0 Å². The number of aromatic nitrogens is 1. The second-order valence-corrected chi connectivity index (χ2v) is 6.32. The van der Waals surface area contributed by atoms with Crippen molar-refractivity contribution in [3.63, 3.8) is 0 Å². The number of hydrogen-bond acceptors (Lipinski definition) is 3.